The molecule has 0 aliphatic rings. The van der Waals surface area contributed by atoms with E-state index in [1.165, 1.54) is 0 Å². The summed E-state index contributed by atoms with van der Waals surface area (Å²) >= 11 is 0. The minimum Gasteiger partial charge on any atom is -0.466 e. The van der Waals surface area contributed by atoms with Crippen LogP contribution in [-0.4, -0.2) is 16.2 Å². The number of benzene rings is 1. The number of fused-ring (bicyclic) bond motifs is 1. The molecule has 0 saturated heterocycles. The molecular weight excluding hydrogens is 360 g/mol. The van der Waals surface area contributed by atoms with Gasteiger partial charge in [0.2, 0.25) is 0 Å². The van der Waals surface area contributed by atoms with Gasteiger partial charge in [0.05, 0.1) is 18.2 Å². The van der Waals surface area contributed by atoms with E-state index in [0.717, 1.165) is 39.0 Å². The summed E-state index contributed by atoms with van der Waals surface area (Å²) in [6.07, 6.45) is 1.70. The van der Waals surface area contributed by atoms with Gasteiger partial charge in [-0.3, -0.25) is 4.79 Å². The molecule has 0 fully saturated rings. The lowest BCUT2D eigenvalue weighted by Gasteiger charge is -2.02. The van der Waals surface area contributed by atoms with E-state index in [4.69, 9.17) is 18.0 Å². The smallest absolute Gasteiger partial charge is 0.310 e. The molecule has 0 radical (unpaired) electrons. The molecule has 0 aliphatic heterocycles. The Hall–Kier alpha value is -3.35. The Morgan fingerprint density at radius 2 is 1.82 bits per heavy atom. The Morgan fingerprint density at radius 3 is 2.57 bits per heavy atom. The fourth-order valence-corrected chi connectivity index (χ4v) is 3.09. The van der Waals surface area contributed by atoms with Crippen molar-refractivity contribution in [1.82, 2.24) is 10.2 Å². The minimum absolute atomic E-state index is 0.0877. The van der Waals surface area contributed by atoms with Crippen LogP contribution in [0.25, 0.3) is 22.4 Å². The van der Waals surface area contributed by atoms with Crippen molar-refractivity contribution in [2.45, 2.75) is 40.7 Å². The molecule has 144 valence electrons. The fraction of sp³-hybridized carbons (Fsp3) is 0.286. The zero-order valence-corrected chi connectivity index (χ0v) is 16.2. The molecule has 0 atom stereocenters. The van der Waals surface area contributed by atoms with E-state index in [9.17, 15) is 4.79 Å². The number of ether oxygens (including phenoxy) is 1. The Labute approximate surface area is 161 Å². The number of esters is 1. The number of carbonyl (C=O) groups excluding carboxylic acids is 1. The lowest BCUT2D eigenvalue weighted by Crippen LogP contribution is -2.08. The molecular formula is C21H20N2O5. The zero-order valence-electron chi connectivity index (χ0n) is 16.2. The van der Waals surface area contributed by atoms with E-state index in [0.29, 0.717) is 11.7 Å². The fourth-order valence-electron chi connectivity index (χ4n) is 3.09. The Bertz CT molecular complexity index is 1170. The first kappa shape index (κ1) is 18.0. The maximum Gasteiger partial charge on any atom is 0.310 e. The largest absolute Gasteiger partial charge is 0.466 e. The number of furan rings is 2. The van der Waals surface area contributed by atoms with Gasteiger partial charge in [0.15, 0.2) is 6.61 Å². The summed E-state index contributed by atoms with van der Waals surface area (Å²) in [5.41, 5.74) is 4.58. The van der Waals surface area contributed by atoms with Crippen LogP contribution in [-0.2, 0) is 22.6 Å². The van der Waals surface area contributed by atoms with E-state index in [1.54, 1.807) is 6.26 Å². The summed E-state index contributed by atoms with van der Waals surface area (Å²) < 4.78 is 21.9. The van der Waals surface area contributed by atoms with Crippen molar-refractivity contribution in [2.24, 2.45) is 0 Å². The highest BCUT2D eigenvalue weighted by Gasteiger charge is 2.17. The molecule has 0 saturated carbocycles. The first-order chi connectivity index (χ1) is 13.4. The Kier molecular flexibility index (Phi) is 4.50. The molecule has 0 amide bonds. The highest BCUT2D eigenvalue weighted by Crippen LogP contribution is 2.26. The lowest BCUT2D eigenvalue weighted by atomic mass is 10.0. The second kappa shape index (κ2) is 6.99. The van der Waals surface area contributed by atoms with Crippen LogP contribution in [0.4, 0.5) is 0 Å². The van der Waals surface area contributed by atoms with Gasteiger partial charge in [0.25, 0.3) is 11.8 Å². The molecule has 1 aromatic carbocycles. The van der Waals surface area contributed by atoms with E-state index in [-0.39, 0.29) is 18.9 Å². The van der Waals surface area contributed by atoms with Crippen molar-refractivity contribution in [3.05, 3.63) is 58.6 Å². The summed E-state index contributed by atoms with van der Waals surface area (Å²) in [6, 6.07) is 5.82. The summed E-state index contributed by atoms with van der Waals surface area (Å²) in [6.45, 7) is 7.63. The molecule has 28 heavy (non-hydrogen) atoms. The van der Waals surface area contributed by atoms with Crippen molar-refractivity contribution >= 4 is 16.9 Å². The van der Waals surface area contributed by atoms with Crippen LogP contribution in [0.15, 0.2) is 37.7 Å². The zero-order chi connectivity index (χ0) is 19.8. The summed E-state index contributed by atoms with van der Waals surface area (Å²) in [4.78, 5) is 12.2. The molecule has 0 unspecified atom stereocenters. The van der Waals surface area contributed by atoms with Gasteiger partial charge in [0.1, 0.15) is 17.1 Å². The van der Waals surface area contributed by atoms with Crippen molar-refractivity contribution in [2.75, 3.05) is 0 Å². The van der Waals surface area contributed by atoms with Gasteiger partial charge in [-0.15, -0.1) is 10.2 Å². The van der Waals surface area contributed by atoms with Gasteiger partial charge in [0, 0.05) is 10.9 Å². The van der Waals surface area contributed by atoms with E-state index in [1.807, 2.05) is 45.9 Å². The lowest BCUT2D eigenvalue weighted by molar-refractivity contribution is -0.144. The number of hydrogen-bond donors (Lipinski definition) is 0. The van der Waals surface area contributed by atoms with E-state index < -0.39 is 5.97 Å². The molecule has 0 spiro atoms. The standard InChI is InChI=1S/C21H20N2O5/c1-11-5-17-15(9-25-18(17)6-12(11)2)8-20(24)26-10-19-22-23-21(28-19)16-7-13(3)27-14(16)4/h5-7,9H,8,10H2,1-4H3. The van der Waals surface area contributed by atoms with Crippen LogP contribution >= 0.6 is 0 Å². The van der Waals surface area contributed by atoms with Crippen LogP contribution in [0.1, 0.15) is 34.1 Å². The van der Waals surface area contributed by atoms with Crippen molar-refractivity contribution in [3.8, 4) is 11.5 Å². The molecule has 4 rings (SSSR count). The second-order valence-electron chi connectivity index (χ2n) is 6.86. The van der Waals surface area contributed by atoms with Gasteiger partial charge >= 0.3 is 5.97 Å². The number of carbonyl (C=O) groups is 1. The predicted octanol–water partition coefficient (Wildman–Crippen LogP) is 4.60. The summed E-state index contributed by atoms with van der Waals surface area (Å²) in [5, 5.41) is 8.84. The van der Waals surface area contributed by atoms with Gasteiger partial charge in [-0.05, 0) is 57.0 Å². The minimum atomic E-state index is -0.393. The molecule has 7 nitrogen and oxygen atoms in total. The van der Waals surface area contributed by atoms with Gasteiger partial charge < -0.3 is 18.0 Å². The monoisotopic (exact) mass is 380 g/mol. The van der Waals surface area contributed by atoms with Crippen LogP contribution in [0.3, 0.4) is 0 Å². The summed E-state index contributed by atoms with van der Waals surface area (Å²) in [5.74, 6) is 1.63. The second-order valence-corrected chi connectivity index (χ2v) is 6.86. The van der Waals surface area contributed by atoms with E-state index >= 15 is 0 Å². The highest BCUT2D eigenvalue weighted by atomic mass is 16.5. The number of rotatable bonds is 5. The van der Waals surface area contributed by atoms with Crippen molar-refractivity contribution in [3.63, 3.8) is 0 Å². The molecule has 0 bridgehead atoms. The molecule has 0 N–H and O–H groups in total. The Morgan fingerprint density at radius 1 is 1.04 bits per heavy atom. The topological polar surface area (TPSA) is 91.5 Å². The van der Waals surface area contributed by atoms with Gasteiger partial charge in [-0.1, -0.05) is 0 Å². The normalized spacial score (nSPS) is 11.3. The average molecular weight is 380 g/mol. The molecule has 0 aliphatic carbocycles. The third-order valence-electron chi connectivity index (χ3n) is 4.70. The van der Waals surface area contributed by atoms with Crippen molar-refractivity contribution < 1.29 is 22.8 Å². The molecule has 3 heterocycles. The maximum absolute atomic E-state index is 12.2. The Balaban J connectivity index is 1.41. The van der Waals surface area contributed by atoms with Gasteiger partial charge in [-0.25, -0.2) is 0 Å². The third-order valence-corrected chi connectivity index (χ3v) is 4.70. The first-order valence-corrected chi connectivity index (χ1v) is 8.93. The van der Waals surface area contributed by atoms with Crippen molar-refractivity contribution in [1.29, 1.82) is 0 Å². The number of nitrogens with zero attached hydrogens (tertiary/aromatic N) is 2. The predicted molar refractivity (Wildman–Crippen MR) is 101 cm³/mol. The van der Waals surface area contributed by atoms with Crippen LogP contribution in [0.5, 0.6) is 0 Å². The molecule has 4 aromatic rings. The van der Waals surface area contributed by atoms with Crippen LogP contribution < -0.4 is 0 Å². The number of aryl methyl sites for hydroxylation is 4. The van der Waals surface area contributed by atoms with Gasteiger partial charge in [-0.2, -0.15) is 0 Å². The quantitative estimate of drug-likeness (QED) is 0.467. The molecule has 3 aromatic heterocycles. The number of hydrogen-bond acceptors (Lipinski definition) is 7. The SMILES string of the molecule is Cc1cc(-c2nnc(COC(=O)Cc3coc4cc(C)c(C)cc34)o2)c(C)o1. The summed E-state index contributed by atoms with van der Waals surface area (Å²) in [7, 11) is 0. The average Bonchev–Trinajstić information content (AvgIpc) is 3.34. The maximum atomic E-state index is 12.2. The highest BCUT2D eigenvalue weighted by molar-refractivity contribution is 5.86. The van der Waals surface area contributed by atoms with E-state index in [2.05, 4.69) is 10.2 Å². The van der Waals surface area contributed by atoms with Crippen LogP contribution in [0, 0.1) is 27.7 Å². The number of aromatic nitrogens is 2. The van der Waals surface area contributed by atoms with Crippen LogP contribution in [0.2, 0.25) is 0 Å². The first-order valence-electron chi connectivity index (χ1n) is 8.93. The molecule has 7 heteroatoms. The third kappa shape index (κ3) is 3.43.